The van der Waals surface area contributed by atoms with Crippen LogP contribution in [0.4, 0.5) is 0 Å². The van der Waals surface area contributed by atoms with Crippen LogP contribution < -0.4 is 4.46 Å². The third-order valence-electron chi connectivity index (χ3n) is 10.6. The molecule has 1 aromatic carbocycles. The first kappa shape index (κ1) is 27.5. The van der Waals surface area contributed by atoms with Gasteiger partial charge in [0.2, 0.25) is 0 Å². The minimum atomic E-state index is -1.31. The van der Waals surface area contributed by atoms with Crippen LogP contribution in [0.15, 0.2) is 30.3 Å². The molecule has 1 aromatic rings. The fourth-order valence-electron chi connectivity index (χ4n) is 9.42. The zero-order valence-electron chi connectivity index (χ0n) is 23.1. The summed E-state index contributed by atoms with van der Waals surface area (Å²) in [5, 5.41) is 0.524. The van der Waals surface area contributed by atoms with Crippen molar-refractivity contribution in [2.24, 2.45) is 34.5 Å². The molecule has 1 heterocycles. The van der Waals surface area contributed by atoms with Crippen molar-refractivity contribution in [3.05, 3.63) is 30.3 Å². The monoisotopic (exact) mass is 618 g/mol. The first-order valence-electron chi connectivity index (χ1n) is 13.9. The Bertz CT molecular complexity index is 1300. The molecule has 9 nitrogen and oxygen atoms in total. The summed E-state index contributed by atoms with van der Waals surface area (Å²) in [5.41, 5.74) is -4.62. The van der Waals surface area contributed by atoms with E-state index in [0.29, 0.717) is 31.0 Å². The molecule has 0 N–H and O–H groups in total. The van der Waals surface area contributed by atoms with Crippen LogP contribution in [0.25, 0.3) is 0 Å². The minimum absolute atomic E-state index is 0.0688. The van der Waals surface area contributed by atoms with Gasteiger partial charge in [0, 0.05) is 0 Å². The zero-order valence-corrected chi connectivity index (χ0v) is 24.8. The molecule has 0 aromatic heterocycles. The molecule has 0 amide bonds. The molecule has 214 valence electrons. The van der Waals surface area contributed by atoms with Crippen LogP contribution in [0.3, 0.4) is 0 Å². The Morgan fingerprint density at radius 2 is 1.77 bits per heavy atom. The van der Waals surface area contributed by atoms with Crippen molar-refractivity contribution in [3.8, 4) is 0 Å². The fraction of sp³-hybridized carbons (Fsp3) is 0.633. The third kappa shape index (κ3) is 3.41. The molecule has 5 aliphatic rings. The predicted molar refractivity (Wildman–Crippen MR) is 140 cm³/mol. The van der Waals surface area contributed by atoms with Gasteiger partial charge in [-0.15, -0.1) is 0 Å². The van der Waals surface area contributed by atoms with Crippen LogP contribution in [-0.2, 0) is 42.9 Å². The van der Waals surface area contributed by atoms with Crippen molar-refractivity contribution in [3.63, 3.8) is 0 Å². The van der Waals surface area contributed by atoms with Gasteiger partial charge in [0.05, 0.1) is 0 Å². The molecule has 40 heavy (non-hydrogen) atoms. The second-order valence-electron chi connectivity index (χ2n) is 12.3. The average molecular weight is 618 g/mol. The molecular formula is C30H34O9Se. The SMILES string of the molecule is COC(=O)[C@H]1[C@H]2[C@@]3(CC[C@H](OC(C)=O)[C@@]2(C)C(=O)O3)[C@@H]2CC[C@]3(OC(C)=O)C[C@]12C(=O)C3C[Se]c1ccccc1. The van der Waals surface area contributed by atoms with Crippen LogP contribution in [-0.4, -0.2) is 69.0 Å². The Kier molecular flexibility index (Phi) is 6.28. The van der Waals surface area contributed by atoms with Crippen LogP contribution in [0.2, 0.25) is 5.32 Å². The summed E-state index contributed by atoms with van der Waals surface area (Å²) < 4.78 is 24.5. The molecule has 6 rings (SSSR count). The van der Waals surface area contributed by atoms with Gasteiger partial charge in [0.15, 0.2) is 0 Å². The van der Waals surface area contributed by atoms with Crippen LogP contribution in [0.5, 0.6) is 0 Å². The number of Topliss-reactive ketones (excluding diaryl/α,β-unsaturated/α-hetero) is 1. The second-order valence-corrected chi connectivity index (χ2v) is 14.5. The van der Waals surface area contributed by atoms with E-state index in [1.807, 2.05) is 30.3 Å². The maximum absolute atomic E-state index is 14.9. The molecule has 1 saturated heterocycles. The number of hydrogen-bond donors (Lipinski definition) is 0. The van der Waals surface area contributed by atoms with E-state index in [1.165, 1.54) is 21.0 Å². The summed E-state index contributed by atoms with van der Waals surface area (Å²) in [6.07, 6.45) is 1.10. The van der Waals surface area contributed by atoms with Gasteiger partial charge in [-0.1, -0.05) is 0 Å². The maximum atomic E-state index is 14.9. The Labute approximate surface area is 239 Å². The van der Waals surface area contributed by atoms with E-state index in [0.717, 1.165) is 4.46 Å². The van der Waals surface area contributed by atoms with Crippen LogP contribution in [0, 0.1) is 34.5 Å². The Morgan fingerprint density at radius 1 is 1.05 bits per heavy atom. The quantitative estimate of drug-likeness (QED) is 0.269. The van der Waals surface area contributed by atoms with Crippen molar-refractivity contribution in [1.29, 1.82) is 0 Å². The molecule has 4 saturated carbocycles. The van der Waals surface area contributed by atoms with E-state index >= 15 is 0 Å². The molecule has 4 aliphatic carbocycles. The number of hydrogen-bond acceptors (Lipinski definition) is 9. The van der Waals surface area contributed by atoms with Gasteiger partial charge < -0.3 is 0 Å². The zero-order chi connectivity index (χ0) is 28.7. The number of rotatable bonds is 6. The number of methoxy groups -OCH3 is 1. The summed E-state index contributed by atoms with van der Waals surface area (Å²) in [4.78, 5) is 66.8. The number of carbonyl (C=O) groups excluding carboxylic acids is 5. The van der Waals surface area contributed by atoms with E-state index in [2.05, 4.69) is 0 Å². The van der Waals surface area contributed by atoms with E-state index in [4.69, 9.17) is 18.9 Å². The Morgan fingerprint density at radius 3 is 2.42 bits per heavy atom. The molecule has 10 heteroatoms. The van der Waals surface area contributed by atoms with E-state index in [-0.39, 0.29) is 27.2 Å². The van der Waals surface area contributed by atoms with Gasteiger partial charge in [0.25, 0.3) is 0 Å². The van der Waals surface area contributed by atoms with Crippen molar-refractivity contribution >= 4 is 49.1 Å². The van der Waals surface area contributed by atoms with Gasteiger partial charge in [-0.3, -0.25) is 0 Å². The number of benzene rings is 1. The fourth-order valence-corrected chi connectivity index (χ4v) is 11.9. The van der Waals surface area contributed by atoms with Gasteiger partial charge in [-0.2, -0.15) is 0 Å². The number of ketones is 1. The van der Waals surface area contributed by atoms with Crippen molar-refractivity contribution in [2.75, 3.05) is 7.11 Å². The molecule has 1 unspecified atom stereocenters. The number of ether oxygens (including phenoxy) is 4. The molecule has 4 bridgehead atoms. The van der Waals surface area contributed by atoms with Gasteiger partial charge in [-0.25, -0.2) is 0 Å². The predicted octanol–water partition coefficient (Wildman–Crippen LogP) is 2.17. The van der Waals surface area contributed by atoms with Gasteiger partial charge >= 0.3 is 239 Å². The molecular weight excluding hydrogens is 583 g/mol. The summed E-state index contributed by atoms with van der Waals surface area (Å²) in [5.74, 6) is -4.87. The Hall–Kier alpha value is -2.71. The summed E-state index contributed by atoms with van der Waals surface area (Å²) in [7, 11) is 1.29. The van der Waals surface area contributed by atoms with Crippen LogP contribution in [0.1, 0.15) is 52.9 Å². The molecule has 1 spiro atoms. The Balaban J connectivity index is 1.49. The summed E-state index contributed by atoms with van der Waals surface area (Å²) in [6, 6.07) is 9.92. The van der Waals surface area contributed by atoms with E-state index in [9.17, 15) is 24.0 Å². The molecule has 9 atom stereocenters. The first-order chi connectivity index (χ1) is 19.0. The number of fused-ring (bicyclic) bond motifs is 1. The molecule has 1 aliphatic heterocycles. The molecule has 0 radical (unpaired) electrons. The van der Waals surface area contributed by atoms with E-state index in [1.54, 1.807) is 6.92 Å². The topological polar surface area (TPSA) is 122 Å². The van der Waals surface area contributed by atoms with Crippen LogP contribution >= 0.6 is 0 Å². The van der Waals surface area contributed by atoms with Crippen molar-refractivity contribution < 1.29 is 42.9 Å². The molecule has 5 fully saturated rings. The van der Waals surface area contributed by atoms with Gasteiger partial charge in [-0.05, 0) is 0 Å². The third-order valence-corrected chi connectivity index (χ3v) is 12.9. The second kappa shape index (κ2) is 9.15. The summed E-state index contributed by atoms with van der Waals surface area (Å²) in [6.45, 7) is 4.35. The first-order valence-corrected chi connectivity index (χ1v) is 15.9. The number of esters is 4. The summed E-state index contributed by atoms with van der Waals surface area (Å²) >= 11 is -0.0688. The average Bonchev–Trinajstić information content (AvgIpc) is 3.33. The van der Waals surface area contributed by atoms with E-state index < -0.39 is 75.7 Å². The van der Waals surface area contributed by atoms with Gasteiger partial charge in [0.1, 0.15) is 0 Å². The number of carbonyl (C=O) groups is 5. The van der Waals surface area contributed by atoms with Crippen molar-refractivity contribution in [2.45, 2.75) is 75.5 Å². The normalized spacial score (nSPS) is 42.5. The van der Waals surface area contributed by atoms with Crippen molar-refractivity contribution in [1.82, 2.24) is 0 Å². The standard InChI is InChI=1S/C30H34O9Se/c1-16(31)37-21-11-13-30-20-10-12-28(38-17(2)32)15-29(20,24(33)19(28)14-40-18-8-6-5-7-9-18)22(25(34)36-4)23(30)27(21,3)26(35)39-30/h5-9,19-23H,10-15H2,1-4H3/t19?,20-,21+,22-,23-,27-,28+,29-,30-/m1/s1.